The Balaban J connectivity index is 0.00000216. The maximum Gasteiger partial charge on any atom is -0.147 e. The van der Waals surface area contributed by atoms with Crippen molar-refractivity contribution in [3.63, 3.8) is 0 Å². The zero-order chi connectivity index (χ0) is 23.8. The minimum Gasteiger partial charge on any atom is -0.147 e. The van der Waals surface area contributed by atoms with Gasteiger partial charge in [-0.05, 0) is 0 Å². The average Bonchev–Trinajstić information content (AvgIpc) is 2.93. The number of hydrogen-bond donors (Lipinski definition) is 0. The molecule has 0 amide bonds. The largest absolute Gasteiger partial charge is 0.147 e. The van der Waals surface area contributed by atoms with Crippen molar-refractivity contribution in [2.24, 2.45) is 0 Å². The van der Waals surface area contributed by atoms with Crippen LogP contribution in [0.25, 0.3) is 0 Å². The van der Waals surface area contributed by atoms with E-state index in [1.807, 2.05) is 0 Å². The summed E-state index contributed by atoms with van der Waals surface area (Å²) in [7, 11) is 1.18. The minimum absolute atomic E-state index is 0. The summed E-state index contributed by atoms with van der Waals surface area (Å²) >= 11 is -0.387. The van der Waals surface area contributed by atoms with E-state index in [0.717, 1.165) is 12.8 Å². The van der Waals surface area contributed by atoms with E-state index in [9.17, 15) is 0 Å². The Morgan fingerprint density at radius 2 is 1.17 bits per heavy atom. The maximum atomic E-state index is 2.49. The first kappa shape index (κ1) is 33.0. The second-order valence-corrected chi connectivity index (χ2v) is 14.3. The molecule has 3 aromatic rings. The van der Waals surface area contributed by atoms with Crippen LogP contribution in [-0.4, -0.2) is 10.2 Å². The first-order valence-electron chi connectivity index (χ1n) is 12.1. The normalized spacial score (nSPS) is 16.8. The van der Waals surface area contributed by atoms with Crippen LogP contribution in [0.15, 0.2) is 87.3 Å². The molecule has 0 saturated heterocycles. The predicted molar refractivity (Wildman–Crippen MR) is 165 cm³/mol. The Bertz CT molecular complexity index is 1240. The first-order valence-corrected chi connectivity index (χ1v) is 14.6. The van der Waals surface area contributed by atoms with Crippen molar-refractivity contribution in [1.29, 1.82) is 0 Å². The summed E-state index contributed by atoms with van der Waals surface area (Å²) < 4.78 is 3.39. The van der Waals surface area contributed by atoms with Gasteiger partial charge in [-0.2, -0.15) is 0 Å². The third kappa shape index (κ3) is 7.07. The van der Waals surface area contributed by atoms with Crippen LogP contribution in [0.4, 0.5) is 0 Å². The molecule has 3 aromatic carbocycles. The number of hydrogen-bond acceptors (Lipinski definition) is 0. The summed E-state index contributed by atoms with van der Waals surface area (Å²) in [5.74, 6) is 0. The molecule has 0 fully saturated rings. The molecule has 1 unspecified atom stereocenters. The van der Waals surface area contributed by atoms with E-state index in [1.54, 1.807) is 30.0 Å². The summed E-state index contributed by atoms with van der Waals surface area (Å²) in [6.45, 7) is 13.9. The Labute approximate surface area is 249 Å². The summed E-state index contributed by atoms with van der Waals surface area (Å²) in [6.07, 6.45) is 2.03. The van der Waals surface area contributed by atoms with Gasteiger partial charge in [0.15, 0.2) is 0 Å². The molecule has 0 aliphatic heterocycles. The molecule has 4 rings (SSSR count). The summed E-state index contributed by atoms with van der Waals surface area (Å²) in [5, 5.41) is 0.322. The molecule has 1 aliphatic rings. The number of aryl methyl sites for hydroxylation is 2. The minimum atomic E-state index is -0.387. The molecule has 0 bridgehead atoms. The Kier molecular flexibility index (Phi) is 12.5. The number of allylic oxidation sites excluding steroid dienone is 4. The fourth-order valence-corrected chi connectivity index (χ4v) is 8.90. The van der Waals surface area contributed by atoms with Crippen molar-refractivity contribution in [3.05, 3.63) is 121 Å². The monoisotopic (exact) mass is 592 g/mol. The van der Waals surface area contributed by atoms with Crippen LogP contribution in [0.2, 0.25) is 5.04 Å². The van der Waals surface area contributed by atoms with Crippen LogP contribution in [0.1, 0.15) is 61.1 Å². The van der Waals surface area contributed by atoms with Crippen LogP contribution in [-0.2, 0) is 32.0 Å². The van der Waals surface area contributed by atoms with Crippen LogP contribution < -0.4 is 3.87 Å². The summed E-state index contributed by atoms with van der Waals surface area (Å²) in [4.78, 5) is 0. The molecule has 0 aromatic heterocycles. The van der Waals surface area contributed by atoms with E-state index in [-0.39, 0.29) is 56.4 Å². The number of rotatable bonds is 6. The molecule has 0 heterocycles. The molecule has 0 radical (unpaired) electrons. The third-order valence-electron chi connectivity index (χ3n) is 7.61. The molecular weight excluding hydrogens is 555 g/mol. The van der Waals surface area contributed by atoms with Crippen LogP contribution in [0, 0.1) is 13.8 Å². The zero-order valence-electron chi connectivity index (χ0n) is 22.5. The molecule has 0 N–H and O–H groups in total. The van der Waals surface area contributed by atoms with E-state index in [2.05, 4.69) is 108 Å². The SMILES string of the molecule is CC1=C(C)C(C)([SiH3])[C]([Ti][c]2cccc(Cc3ccc(C)cc3)c2Cc2ccc(C)cc2)=C1C.Cl.Cl.Cl. The van der Waals surface area contributed by atoms with Gasteiger partial charge in [0.2, 0.25) is 0 Å². The second kappa shape index (κ2) is 13.7. The third-order valence-corrected chi connectivity index (χ3v) is 12.7. The van der Waals surface area contributed by atoms with Gasteiger partial charge in [-0.1, -0.05) is 0 Å². The van der Waals surface area contributed by atoms with Crippen molar-refractivity contribution in [3.8, 4) is 0 Å². The maximum absolute atomic E-state index is 2.49. The van der Waals surface area contributed by atoms with Gasteiger partial charge in [0, 0.05) is 0 Å². The Morgan fingerprint density at radius 1 is 0.667 bits per heavy atom. The number of benzene rings is 3. The van der Waals surface area contributed by atoms with E-state index in [4.69, 9.17) is 0 Å². The van der Waals surface area contributed by atoms with Crippen LogP contribution in [0.3, 0.4) is 0 Å². The predicted octanol–water partition coefficient (Wildman–Crippen LogP) is 7.63. The summed E-state index contributed by atoms with van der Waals surface area (Å²) in [6, 6.07) is 25.3. The Hall–Kier alpha value is -1.06. The molecule has 1 atom stereocenters. The van der Waals surface area contributed by atoms with Gasteiger partial charge in [-0.15, -0.1) is 37.2 Å². The summed E-state index contributed by atoms with van der Waals surface area (Å²) in [5.41, 5.74) is 13.3. The quantitative estimate of drug-likeness (QED) is 0.258. The van der Waals surface area contributed by atoms with E-state index < -0.39 is 0 Å². The van der Waals surface area contributed by atoms with Crippen molar-refractivity contribution < 1.29 is 19.2 Å². The van der Waals surface area contributed by atoms with Crippen molar-refractivity contribution in [2.75, 3.05) is 0 Å². The smallest absolute Gasteiger partial charge is 0.147 e. The van der Waals surface area contributed by atoms with Gasteiger partial charge in [-0.25, -0.2) is 0 Å². The molecule has 0 saturated carbocycles. The van der Waals surface area contributed by atoms with Gasteiger partial charge in [0.05, 0.1) is 0 Å². The Morgan fingerprint density at radius 3 is 1.64 bits per heavy atom. The van der Waals surface area contributed by atoms with Gasteiger partial charge in [-0.3, -0.25) is 0 Å². The van der Waals surface area contributed by atoms with E-state index in [1.165, 1.54) is 38.1 Å². The fourth-order valence-electron chi connectivity index (χ4n) is 4.94. The second-order valence-electron chi connectivity index (χ2n) is 10.3. The van der Waals surface area contributed by atoms with Gasteiger partial charge >= 0.3 is 213 Å². The molecule has 1 aliphatic carbocycles. The molecule has 36 heavy (non-hydrogen) atoms. The van der Waals surface area contributed by atoms with E-state index >= 15 is 0 Å². The molecule has 192 valence electrons. The van der Waals surface area contributed by atoms with Gasteiger partial charge in [0.1, 0.15) is 0 Å². The topological polar surface area (TPSA) is 0 Å². The molecule has 5 heteroatoms. The van der Waals surface area contributed by atoms with Crippen LogP contribution >= 0.6 is 37.2 Å². The molecule has 0 nitrogen and oxygen atoms in total. The first-order chi connectivity index (χ1) is 15.7. The fraction of sp³-hybridized carbons (Fsp3) is 0.290. The van der Waals surface area contributed by atoms with Crippen molar-refractivity contribution in [2.45, 2.75) is 59.4 Å². The van der Waals surface area contributed by atoms with Crippen LogP contribution in [0.5, 0.6) is 0 Å². The molecular formula is C31H39Cl3SiTi. The van der Waals surface area contributed by atoms with Crippen molar-refractivity contribution in [1.82, 2.24) is 0 Å². The van der Waals surface area contributed by atoms with Gasteiger partial charge < -0.3 is 0 Å². The molecule has 0 spiro atoms. The van der Waals surface area contributed by atoms with Gasteiger partial charge in [0.25, 0.3) is 0 Å². The van der Waals surface area contributed by atoms with E-state index in [0.29, 0.717) is 5.04 Å². The standard InChI is InChI=1S/C22H21.C9H15Si.3ClH.Ti/c1-17-7-11-19(12-8-17)15-21-5-3-4-6-22(21)16-20-13-9-18(2)10-14-20;1-6-5-9(4,10)8(3)7(6)2;;;;/h3-5,7-14H,15-16H2,1-2H3;1-4,10H3;3*1H;. The van der Waals surface area contributed by atoms with Crippen molar-refractivity contribution >= 4 is 51.3 Å². The average molecular weight is 594 g/mol. The number of halogens is 3. The zero-order valence-corrected chi connectivity index (χ0v) is 28.5.